The predicted molar refractivity (Wildman–Crippen MR) is 102 cm³/mol. The number of carbonyl (C=O) groups excluding carboxylic acids is 1. The van der Waals surface area contributed by atoms with Gasteiger partial charge in [-0.1, -0.05) is 61.4 Å². The maximum atomic E-state index is 12.7. The first-order valence-electron chi connectivity index (χ1n) is 8.77. The normalized spacial score (nSPS) is 10.5. The van der Waals surface area contributed by atoms with Crippen LogP contribution in [0.5, 0.6) is 0 Å². The van der Waals surface area contributed by atoms with E-state index in [-0.39, 0.29) is 6.03 Å². The summed E-state index contributed by atoms with van der Waals surface area (Å²) in [5, 5.41) is 3.07. The van der Waals surface area contributed by atoms with Gasteiger partial charge in [0, 0.05) is 18.8 Å². The lowest BCUT2D eigenvalue weighted by Gasteiger charge is -2.23. The van der Waals surface area contributed by atoms with Gasteiger partial charge in [0.15, 0.2) is 0 Å². The van der Waals surface area contributed by atoms with Gasteiger partial charge in [-0.25, -0.2) is 4.79 Å². The van der Waals surface area contributed by atoms with Gasteiger partial charge < -0.3 is 10.2 Å². The molecular weight excluding hydrogens is 296 g/mol. The van der Waals surface area contributed by atoms with E-state index in [2.05, 4.69) is 37.4 Å². The van der Waals surface area contributed by atoms with Crippen LogP contribution in [0, 0.1) is 13.8 Å². The zero-order valence-electron chi connectivity index (χ0n) is 15.0. The fourth-order valence-corrected chi connectivity index (χ4v) is 2.72. The van der Waals surface area contributed by atoms with E-state index < -0.39 is 0 Å². The molecule has 2 amide bonds. The number of amides is 2. The van der Waals surface area contributed by atoms with E-state index in [1.165, 1.54) is 11.1 Å². The summed E-state index contributed by atoms with van der Waals surface area (Å²) in [6.45, 7) is 7.77. The van der Waals surface area contributed by atoms with E-state index in [0.717, 1.165) is 43.6 Å². The van der Waals surface area contributed by atoms with Crippen molar-refractivity contribution in [2.75, 3.05) is 18.4 Å². The van der Waals surface area contributed by atoms with Crippen molar-refractivity contribution in [3.05, 3.63) is 65.2 Å². The molecule has 0 saturated carbocycles. The largest absolute Gasteiger partial charge is 0.324 e. The molecule has 0 saturated heterocycles. The number of rotatable bonds is 7. The molecule has 0 aliphatic rings. The molecule has 0 atom stereocenters. The Kier molecular flexibility index (Phi) is 6.86. The second-order valence-electron chi connectivity index (χ2n) is 6.32. The zero-order chi connectivity index (χ0) is 17.4. The third-order valence-electron chi connectivity index (χ3n) is 4.21. The number of anilines is 1. The third-order valence-corrected chi connectivity index (χ3v) is 4.21. The van der Waals surface area contributed by atoms with Gasteiger partial charge in [0.1, 0.15) is 0 Å². The van der Waals surface area contributed by atoms with Gasteiger partial charge in [-0.3, -0.25) is 0 Å². The second-order valence-corrected chi connectivity index (χ2v) is 6.32. The molecular formula is C21H28N2O. The highest BCUT2D eigenvalue weighted by atomic mass is 16.2. The smallest absolute Gasteiger partial charge is 0.321 e. The van der Waals surface area contributed by atoms with Crippen LogP contribution in [-0.4, -0.2) is 24.0 Å². The first kappa shape index (κ1) is 18.1. The van der Waals surface area contributed by atoms with Crippen molar-refractivity contribution < 1.29 is 4.79 Å². The Balaban J connectivity index is 2.01. The number of urea groups is 1. The number of aryl methyl sites for hydroxylation is 2. The molecule has 0 unspecified atom stereocenters. The van der Waals surface area contributed by atoms with Crippen LogP contribution in [0.25, 0.3) is 0 Å². The summed E-state index contributed by atoms with van der Waals surface area (Å²) in [6, 6.07) is 16.4. The fraction of sp³-hybridized carbons (Fsp3) is 0.381. The van der Waals surface area contributed by atoms with Crippen molar-refractivity contribution >= 4 is 11.7 Å². The molecule has 3 nitrogen and oxygen atoms in total. The highest BCUT2D eigenvalue weighted by Gasteiger charge is 2.14. The summed E-state index contributed by atoms with van der Waals surface area (Å²) in [4.78, 5) is 14.6. The van der Waals surface area contributed by atoms with Crippen LogP contribution in [0.2, 0.25) is 0 Å². The van der Waals surface area contributed by atoms with Gasteiger partial charge in [0.25, 0.3) is 0 Å². The first-order chi connectivity index (χ1) is 11.6. The predicted octanol–water partition coefficient (Wildman–Crippen LogP) is 5.18. The van der Waals surface area contributed by atoms with Crippen LogP contribution < -0.4 is 5.32 Å². The lowest BCUT2D eigenvalue weighted by molar-refractivity contribution is 0.211. The highest BCUT2D eigenvalue weighted by molar-refractivity contribution is 5.90. The van der Waals surface area contributed by atoms with Crippen LogP contribution in [0.3, 0.4) is 0 Å². The maximum absolute atomic E-state index is 12.7. The van der Waals surface area contributed by atoms with Crippen molar-refractivity contribution in [3.63, 3.8) is 0 Å². The zero-order valence-corrected chi connectivity index (χ0v) is 15.0. The van der Waals surface area contributed by atoms with Crippen molar-refractivity contribution in [2.24, 2.45) is 0 Å². The number of nitrogens with one attached hydrogen (secondary N) is 1. The minimum Gasteiger partial charge on any atom is -0.324 e. The summed E-state index contributed by atoms with van der Waals surface area (Å²) in [5.74, 6) is 0. The first-order valence-corrected chi connectivity index (χ1v) is 8.77. The van der Waals surface area contributed by atoms with Gasteiger partial charge in [0.2, 0.25) is 0 Å². The van der Waals surface area contributed by atoms with E-state index in [4.69, 9.17) is 0 Å². The Hall–Kier alpha value is -2.29. The number of carbonyl (C=O) groups is 1. The number of unbranched alkanes of at least 4 members (excludes halogenated alkanes) is 1. The van der Waals surface area contributed by atoms with Crippen LogP contribution in [0.15, 0.2) is 48.5 Å². The van der Waals surface area contributed by atoms with Crippen molar-refractivity contribution in [2.45, 2.75) is 40.0 Å². The quantitative estimate of drug-likeness (QED) is 0.747. The van der Waals surface area contributed by atoms with Crippen molar-refractivity contribution in [3.8, 4) is 0 Å². The molecule has 128 valence electrons. The highest BCUT2D eigenvalue weighted by Crippen LogP contribution is 2.17. The Bertz CT molecular complexity index is 652. The number of hydrogen-bond donors (Lipinski definition) is 1. The molecule has 0 aliphatic heterocycles. The van der Waals surface area contributed by atoms with Gasteiger partial charge >= 0.3 is 6.03 Å². The lowest BCUT2D eigenvalue weighted by Crippen LogP contribution is -2.37. The van der Waals surface area contributed by atoms with Crippen LogP contribution in [0.4, 0.5) is 10.5 Å². The minimum absolute atomic E-state index is 0.00802. The average Bonchev–Trinajstić information content (AvgIpc) is 2.58. The summed E-state index contributed by atoms with van der Waals surface area (Å²) in [5.41, 5.74) is 4.46. The van der Waals surface area contributed by atoms with Crippen LogP contribution in [0.1, 0.15) is 36.5 Å². The molecule has 0 spiro atoms. The number of hydrogen-bond acceptors (Lipinski definition) is 1. The average molecular weight is 324 g/mol. The minimum atomic E-state index is -0.00802. The van der Waals surface area contributed by atoms with E-state index in [9.17, 15) is 4.79 Å². The SMILES string of the molecule is CCCCN(CCc1ccccc1)C(=O)Nc1ccc(C)cc1C. The van der Waals surface area contributed by atoms with E-state index in [1.807, 2.05) is 42.2 Å². The number of benzene rings is 2. The monoisotopic (exact) mass is 324 g/mol. The lowest BCUT2D eigenvalue weighted by atomic mass is 10.1. The van der Waals surface area contributed by atoms with Crippen molar-refractivity contribution in [1.29, 1.82) is 0 Å². The molecule has 24 heavy (non-hydrogen) atoms. The maximum Gasteiger partial charge on any atom is 0.321 e. The third kappa shape index (κ3) is 5.41. The molecule has 2 aromatic carbocycles. The summed E-state index contributed by atoms with van der Waals surface area (Å²) < 4.78 is 0. The molecule has 0 heterocycles. The Morgan fingerprint density at radius 1 is 1.04 bits per heavy atom. The van der Waals surface area contributed by atoms with E-state index in [1.54, 1.807) is 0 Å². The Labute approximate surface area is 145 Å². The van der Waals surface area contributed by atoms with Gasteiger partial charge in [-0.2, -0.15) is 0 Å². The van der Waals surface area contributed by atoms with Crippen LogP contribution in [-0.2, 0) is 6.42 Å². The topological polar surface area (TPSA) is 32.3 Å². The molecule has 1 N–H and O–H groups in total. The summed E-state index contributed by atoms with van der Waals surface area (Å²) in [7, 11) is 0. The molecule has 0 aliphatic carbocycles. The van der Waals surface area contributed by atoms with Gasteiger partial charge in [-0.05, 0) is 43.9 Å². The van der Waals surface area contributed by atoms with E-state index >= 15 is 0 Å². The Morgan fingerprint density at radius 3 is 2.46 bits per heavy atom. The number of nitrogens with zero attached hydrogens (tertiary/aromatic N) is 1. The second kappa shape index (κ2) is 9.11. The molecule has 2 aromatic rings. The fourth-order valence-electron chi connectivity index (χ4n) is 2.72. The van der Waals surface area contributed by atoms with Crippen molar-refractivity contribution in [1.82, 2.24) is 4.90 Å². The summed E-state index contributed by atoms with van der Waals surface area (Å²) in [6.07, 6.45) is 2.98. The summed E-state index contributed by atoms with van der Waals surface area (Å²) >= 11 is 0. The molecule has 2 rings (SSSR count). The standard InChI is InChI=1S/C21H28N2O/c1-4-5-14-23(15-13-19-9-7-6-8-10-19)21(24)22-20-12-11-17(2)16-18(20)3/h6-12,16H,4-5,13-15H2,1-3H3,(H,22,24). The molecule has 0 radical (unpaired) electrons. The van der Waals surface area contributed by atoms with Crippen LogP contribution >= 0.6 is 0 Å². The Morgan fingerprint density at radius 2 is 1.79 bits per heavy atom. The molecule has 0 bridgehead atoms. The van der Waals surface area contributed by atoms with Gasteiger partial charge in [-0.15, -0.1) is 0 Å². The van der Waals surface area contributed by atoms with Gasteiger partial charge in [0.05, 0.1) is 0 Å². The molecule has 0 aromatic heterocycles. The van der Waals surface area contributed by atoms with E-state index in [0.29, 0.717) is 0 Å². The molecule has 0 fully saturated rings. The molecule has 3 heteroatoms.